The molecule has 3 heteroatoms. The molecular formula is C16H23N3. The lowest BCUT2D eigenvalue weighted by molar-refractivity contribution is 0.535. The molecule has 0 fully saturated rings. The fourth-order valence-electron chi connectivity index (χ4n) is 2.43. The molecule has 102 valence electrons. The monoisotopic (exact) mass is 257 g/mol. The van der Waals surface area contributed by atoms with Crippen LogP contribution in [0.3, 0.4) is 0 Å². The van der Waals surface area contributed by atoms with E-state index in [4.69, 9.17) is 0 Å². The summed E-state index contributed by atoms with van der Waals surface area (Å²) in [7, 11) is 4.06. The van der Waals surface area contributed by atoms with Crippen molar-refractivity contribution in [1.29, 1.82) is 0 Å². The number of aromatic nitrogens is 2. The molecule has 2 rings (SSSR count). The van der Waals surface area contributed by atoms with Gasteiger partial charge in [0.05, 0.1) is 5.69 Å². The highest BCUT2D eigenvalue weighted by molar-refractivity contribution is 5.19. The smallest absolute Gasteiger partial charge is 0.0624 e. The number of nitrogens with one attached hydrogen (secondary N) is 1. The first-order valence-corrected chi connectivity index (χ1v) is 6.98. The molecule has 1 unspecified atom stereocenters. The van der Waals surface area contributed by atoms with Crippen LogP contribution in [0.1, 0.15) is 36.3 Å². The Bertz CT molecular complexity index is 502. The van der Waals surface area contributed by atoms with E-state index >= 15 is 0 Å². The van der Waals surface area contributed by atoms with Gasteiger partial charge in [0.25, 0.3) is 0 Å². The predicted molar refractivity (Wildman–Crippen MR) is 79.1 cm³/mol. The molecule has 0 aliphatic rings. The van der Waals surface area contributed by atoms with Gasteiger partial charge in [-0.05, 0) is 37.9 Å². The van der Waals surface area contributed by atoms with E-state index in [2.05, 4.69) is 53.7 Å². The van der Waals surface area contributed by atoms with Crippen LogP contribution in [0.25, 0.3) is 0 Å². The zero-order valence-corrected chi connectivity index (χ0v) is 12.1. The van der Waals surface area contributed by atoms with Crippen molar-refractivity contribution < 1.29 is 0 Å². The average molecular weight is 257 g/mol. The number of hydrogen-bond acceptors (Lipinski definition) is 2. The molecule has 0 bridgehead atoms. The van der Waals surface area contributed by atoms with E-state index in [-0.39, 0.29) is 0 Å². The summed E-state index contributed by atoms with van der Waals surface area (Å²) in [6.07, 6.45) is 3.13. The third kappa shape index (κ3) is 3.44. The summed E-state index contributed by atoms with van der Waals surface area (Å²) in [4.78, 5) is 0. The average Bonchev–Trinajstić information content (AvgIpc) is 2.81. The summed E-state index contributed by atoms with van der Waals surface area (Å²) < 4.78 is 2.01. The number of rotatable bonds is 6. The molecule has 1 heterocycles. The molecule has 2 aromatic rings. The Hall–Kier alpha value is -1.61. The van der Waals surface area contributed by atoms with Crippen molar-refractivity contribution in [2.24, 2.45) is 7.05 Å². The number of hydrogen-bond donors (Lipinski definition) is 1. The second-order valence-corrected chi connectivity index (χ2v) is 4.89. The van der Waals surface area contributed by atoms with E-state index in [1.165, 1.54) is 17.0 Å². The minimum absolute atomic E-state index is 0.404. The fraction of sp³-hybridized carbons (Fsp3) is 0.438. The SMILES string of the molecule is CCc1cc(CCC(NC)c2ccccc2)n(C)n1. The van der Waals surface area contributed by atoms with Crippen LogP contribution in [0.5, 0.6) is 0 Å². The summed E-state index contributed by atoms with van der Waals surface area (Å²) in [5.74, 6) is 0. The first-order chi connectivity index (χ1) is 9.24. The minimum Gasteiger partial charge on any atom is -0.313 e. The minimum atomic E-state index is 0.404. The van der Waals surface area contributed by atoms with Crippen molar-refractivity contribution in [3.63, 3.8) is 0 Å². The van der Waals surface area contributed by atoms with Crippen molar-refractivity contribution in [2.45, 2.75) is 32.2 Å². The predicted octanol–water partition coefficient (Wildman–Crippen LogP) is 2.88. The van der Waals surface area contributed by atoms with Crippen LogP contribution in [0, 0.1) is 0 Å². The lowest BCUT2D eigenvalue weighted by Crippen LogP contribution is -2.17. The molecule has 0 spiro atoms. The van der Waals surface area contributed by atoms with Crippen molar-refractivity contribution in [2.75, 3.05) is 7.05 Å². The van der Waals surface area contributed by atoms with E-state index in [0.29, 0.717) is 6.04 Å². The maximum atomic E-state index is 4.50. The molecule has 0 saturated heterocycles. The molecule has 1 atom stereocenters. The van der Waals surface area contributed by atoms with Gasteiger partial charge in [0.15, 0.2) is 0 Å². The summed E-state index contributed by atoms with van der Waals surface area (Å²) in [5.41, 5.74) is 3.84. The Morgan fingerprint density at radius 1 is 1.26 bits per heavy atom. The van der Waals surface area contributed by atoms with E-state index in [0.717, 1.165) is 19.3 Å². The molecule has 0 aliphatic heterocycles. The second-order valence-electron chi connectivity index (χ2n) is 4.89. The fourth-order valence-corrected chi connectivity index (χ4v) is 2.43. The number of benzene rings is 1. The van der Waals surface area contributed by atoms with Gasteiger partial charge in [-0.1, -0.05) is 37.3 Å². The van der Waals surface area contributed by atoms with Gasteiger partial charge in [-0.15, -0.1) is 0 Å². The molecule has 0 saturated carbocycles. The van der Waals surface area contributed by atoms with Crippen LogP contribution in [-0.2, 0) is 19.9 Å². The van der Waals surface area contributed by atoms with Crippen LogP contribution < -0.4 is 5.32 Å². The van der Waals surface area contributed by atoms with Crippen LogP contribution >= 0.6 is 0 Å². The summed E-state index contributed by atoms with van der Waals surface area (Å²) in [6, 6.07) is 13.2. The highest BCUT2D eigenvalue weighted by Gasteiger charge is 2.11. The molecule has 19 heavy (non-hydrogen) atoms. The summed E-state index contributed by atoms with van der Waals surface area (Å²) in [6.45, 7) is 2.15. The molecular weight excluding hydrogens is 234 g/mol. The topological polar surface area (TPSA) is 29.9 Å². The molecule has 1 aromatic heterocycles. The number of nitrogens with zero attached hydrogens (tertiary/aromatic N) is 2. The quantitative estimate of drug-likeness (QED) is 0.862. The van der Waals surface area contributed by atoms with Crippen molar-refractivity contribution >= 4 is 0 Å². The van der Waals surface area contributed by atoms with E-state index < -0.39 is 0 Å². The van der Waals surface area contributed by atoms with Crippen molar-refractivity contribution in [3.8, 4) is 0 Å². The molecule has 0 amide bonds. The second kappa shape index (κ2) is 6.53. The van der Waals surface area contributed by atoms with E-state index in [9.17, 15) is 0 Å². The van der Waals surface area contributed by atoms with Gasteiger partial charge in [0.1, 0.15) is 0 Å². The molecule has 0 radical (unpaired) electrons. The highest BCUT2D eigenvalue weighted by atomic mass is 15.3. The first-order valence-electron chi connectivity index (χ1n) is 6.98. The van der Waals surface area contributed by atoms with E-state index in [1.807, 2.05) is 18.8 Å². The number of aryl methyl sites for hydroxylation is 3. The van der Waals surface area contributed by atoms with Crippen LogP contribution in [0.15, 0.2) is 36.4 Å². The normalized spacial score (nSPS) is 12.6. The molecule has 0 aliphatic carbocycles. The van der Waals surface area contributed by atoms with Gasteiger partial charge >= 0.3 is 0 Å². The zero-order valence-electron chi connectivity index (χ0n) is 12.1. The lowest BCUT2D eigenvalue weighted by Gasteiger charge is -2.16. The maximum absolute atomic E-state index is 4.50. The third-order valence-corrected chi connectivity index (χ3v) is 3.63. The Kier molecular flexibility index (Phi) is 4.74. The molecule has 1 aromatic carbocycles. The van der Waals surface area contributed by atoms with Crippen LogP contribution in [-0.4, -0.2) is 16.8 Å². The summed E-state index contributed by atoms with van der Waals surface area (Å²) in [5, 5.41) is 7.90. The van der Waals surface area contributed by atoms with Gasteiger partial charge < -0.3 is 5.32 Å². The Labute approximate surface area is 115 Å². The standard InChI is InChI=1S/C16H23N3/c1-4-14-12-15(19(3)18-14)10-11-16(17-2)13-8-6-5-7-9-13/h5-9,12,16-17H,4,10-11H2,1-3H3. The highest BCUT2D eigenvalue weighted by Crippen LogP contribution is 2.18. The van der Waals surface area contributed by atoms with Crippen LogP contribution in [0.2, 0.25) is 0 Å². The van der Waals surface area contributed by atoms with Gasteiger partial charge in [-0.25, -0.2) is 0 Å². The van der Waals surface area contributed by atoms with Gasteiger partial charge in [0.2, 0.25) is 0 Å². The Morgan fingerprint density at radius 3 is 2.58 bits per heavy atom. The largest absolute Gasteiger partial charge is 0.313 e. The molecule has 1 N–H and O–H groups in total. The Balaban J connectivity index is 2.02. The van der Waals surface area contributed by atoms with Crippen molar-refractivity contribution in [3.05, 3.63) is 53.3 Å². The first kappa shape index (κ1) is 13.8. The van der Waals surface area contributed by atoms with Crippen LogP contribution in [0.4, 0.5) is 0 Å². The summed E-state index contributed by atoms with van der Waals surface area (Å²) >= 11 is 0. The van der Waals surface area contributed by atoms with Crippen molar-refractivity contribution in [1.82, 2.24) is 15.1 Å². The van der Waals surface area contributed by atoms with Gasteiger partial charge in [-0.2, -0.15) is 5.10 Å². The zero-order chi connectivity index (χ0) is 13.7. The van der Waals surface area contributed by atoms with Gasteiger partial charge in [0, 0.05) is 18.8 Å². The maximum Gasteiger partial charge on any atom is 0.0624 e. The Morgan fingerprint density at radius 2 is 2.00 bits per heavy atom. The lowest BCUT2D eigenvalue weighted by atomic mass is 10.0. The third-order valence-electron chi connectivity index (χ3n) is 3.63. The van der Waals surface area contributed by atoms with E-state index in [1.54, 1.807) is 0 Å². The molecule has 3 nitrogen and oxygen atoms in total. The van der Waals surface area contributed by atoms with Gasteiger partial charge in [-0.3, -0.25) is 4.68 Å².